The third-order valence-electron chi connectivity index (χ3n) is 5.67. The van der Waals surface area contributed by atoms with Gasteiger partial charge in [-0.2, -0.15) is 5.26 Å². The standard InChI is InChI=1S/C27H23FN6O/c1-17-7-8-21(33-26(35)20-9-10-30-24(12-20)27(2,3)15-29)13-22(17)18-5-4-6-19(11-18)23-14-25(34-28)32-16-31-23/h4-14,16H,1-3H3,(H,33,35)(H,31,32,34). The third-order valence-corrected chi connectivity index (χ3v) is 5.67. The van der Waals surface area contributed by atoms with Crippen molar-refractivity contribution in [2.45, 2.75) is 26.2 Å². The smallest absolute Gasteiger partial charge is 0.255 e. The summed E-state index contributed by atoms with van der Waals surface area (Å²) in [6.45, 7) is 5.50. The molecule has 0 saturated carbocycles. The van der Waals surface area contributed by atoms with Crippen LogP contribution >= 0.6 is 0 Å². The number of benzene rings is 2. The van der Waals surface area contributed by atoms with Crippen LogP contribution in [0.5, 0.6) is 0 Å². The number of amides is 1. The van der Waals surface area contributed by atoms with Crippen molar-refractivity contribution in [2.24, 2.45) is 0 Å². The lowest BCUT2D eigenvalue weighted by molar-refractivity contribution is 0.102. The highest BCUT2D eigenvalue weighted by atomic mass is 19.2. The summed E-state index contributed by atoms with van der Waals surface area (Å²) in [5.74, 6) is -0.211. The van der Waals surface area contributed by atoms with E-state index in [0.29, 0.717) is 22.6 Å². The predicted molar refractivity (Wildman–Crippen MR) is 133 cm³/mol. The molecule has 2 aromatic heterocycles. The lowest BCUT2D eigenvalue weighted by Gasteiger charge is -2.15. The van der Waals surface area contributed by atoms with Gasteiger partial charge in [0.2, 0.25) is 0 Å². The van der Waals surface area contributed by atoms with Crippen LogP contribution < -0.4 is 10.9 Å². The Hall–Kier alpha value is -4.64. The summed E-state index contributed by atoms with van der Waals surface area (Å²) in [7, 11) is 0. The number of halogens is 1. The molecule has 0 aliphatic carbocycles. The summed E-state index contributed by atoms with van der Waals surface area (Å²) in [6.07, 6.45) is 2.83. The van der Waals surface area contributed by atoms with Gasteiger partial charge in [0.1, 0.15) is 6.33 Å². The first kappa shape index (κ1) is 23.5. The molecule has 0 atom stereocenters. The van der Waals surface area contributed by atoms with Gasteiger partial charge in [-0.15, -0.1) is 4.48 Å². The molecule has 8 heteroatoms. The number of aryl methyl sites for hydroxylation is 1. The molecule has 0 aliphatic rings. The Kier molecular flexibility index (Phi) is 6.51. The lowest BCUT2D eigenvalue weighted by Crippen LogP contribution is -2.18. The van der Waals surface area contributed by atoms with Crippen molar-refractivity contribution >= 4 is 17.4 Å². The zero-order valence-electron chi connectivity index (χ0n) is 19.5. The molecule has 4 rings (SSSR count). The second-order valence-corrected chi connectivity index (χ2v) is 8.61. The van der Waals surface area contributed by atoms with Crippen molar-refractivity contribution in [3.8, 4) is 28.5 Å². The number of aromatic nitrogens is 3. The van der Waals surface area contributed by atoms with Crippen LogP contribution in [0, 0.1) is 18.3 Å². The molecular formula is C27H23FN6O. The minimum atomic E-state index is -0.803. The van der Waals surface area contributed by atoms with Crippen LogP contribution in [0.15, 0.2) is 73.2 Å². The van der Waals surface area contributed by atoms with Crippen LogP contribution in [0.4, 0.5) is 16.0 Å². The van der Waals surface area contributed by atoms with Gasteiger partial charge in [0.25, 0.3) is 5.91 Å². The Morgan fingerprint density at radius 2 is 1.80 bits per heavy atom. The van der Waals surface area contributed by atoms with Crippen molar-refractivity contribution in [2.75, 3.05) is 10.9 Å². The number of carbonyl (C=O) groups is 1. The van der Waals surface area contributed by atoms with Crippen LogP contribution in [0.25, 0.3) is 22.4 Å². The molecule has 2 aromatic carbocycles. The molecule has 0 radical (unpaired) electrons. The van der Waals surface area contributed by atoms with E-state index in [1.54, 1.807) is 26.0 Å². The molecule has 0 saturated heterocycles. The first-order valence-electron chi connectivity index (χ1n) is 10.9. The highest BCUT2D eigenvalue weighted by Crippen LogP contribution is 2.30. The van der Waals surface area contributed by atoms with Gasteiger partial charge in [-0.3, -0.25) is 9.78 Å². The van der Waals surface area contributed by atoms with Gasteiger partial charge in [0.15, 0.2) is 5.82 Å². The number of carbonyl (C=O) groups excluding carboxylic acids is 1. The minimum Gasteiger partial charge on any atom is -0.322 e. The fourth-order valence-electron chi connectivity index (χ4n) is 3.60. The highest BCUT2D eigenvalue weighted by molar-refractivity contribution is 6.04. The largest absolute Gasteiger partial charge is 0.322 e. The summed E-state index contributed by atoms with van der Waals surface area (Å²) in [6, 6.07) is 20.4. The molecule has 0 bridgehead atoms. The van der Waals surface area contributed by atoms with Crippen molar-refractivity contribution in [1.82, 2.24) is 15.0 Å². The molecule has 35 heavy (non-hydrogen) atoms. The molecular weight excluding hydrogens is 443 g/mol. The van der Waals surface area contributed by atoms with E-state index in [0.717, 1.165) is 22.3 Å². The number of rotatable bonds is 6. The molecule has 0 aliphatic heterocycles. The van der Waals surface area contributed by atoms with Crippen LogP contribution in [-0.4, -0.2) is 20.9 Å². The van der Waals surface area contributed by atoms with Crippen LogP contribution in [-0.2, 0) is 5.41 Å². The quantitative estimate of drug-likeness (QED) is 0.345. The Labute approximate surface area is 202 Å². The molecule has 2 N–H and O–H groups in total. The van der Waals surface area contributed by atoms with Gasteiger partial charge in [-0.1, -0.05) is 24.3 Å². The van der Waals surface area contributed by atoms with E-state index < -0.39 is 5.41 Å². The number of hydrogen-bond acceptors (Lipinski definition) is 6. The van der Waals surface area contributed by atoms with E-state index in [9.17, 15) is 14.5 Å². The monoisotopic (exact) mass is 466 g/mol. The second kappa shape index (κ2) is 9.69. The SMILES string of the molecule is Cc1ccc(NC(=O)c2ccnc(C(C)(C)C#N)c2)cc1-c1cccc(-c2cc(NF)ncn2)c1. The number of nitrogens with one attached hydrogen (secondary N) is 2. The van der Waals surface area contributed by atoms with E-state index in [1.807, 2.05) is 49.4 Å². The summed E-state index contributed by atoms with van der Waals surface area (Å²) in [5, 5.41) is 12.3. The average molecular weight is 467 g/mol. The van der Waals surface area contributed by atoms with Gasteiger partial charge in [0.05, 0.1) is 22.9 Å². The first-order valence-corrected chi connectivity index (χ1v) is 10.9. The normalized spacial score (nSPS) is 10.9. The molecule has 7 nitrogen and oxygen atoms in total. The summed E-state index contributed by atoms with van der Waals surface area (Å²) < 4.78 is 12.8. The molecule has 0 spiro atoms. The Morgan fingerprint density at radius 3 is 2.57 bits per heavy atom. The van der Waals surface area contributed by atoms with Crippen LogP contribution in [0.1, 0.15) is 35.5 Å². The number of pyridine rings is 1. The van der Waals surface area contributed by atoms with Gasteiger partial charge in [0, 0.05) is 29.1 Å². The molecule has 4 aromatic rings. The van der Waals surface area contributed by atoms with Gasteiger partial charge >= 0.3 is 0 Å². The molecule has 2 heterocycles. The van der Waals surface area contributed by atoms with E-state index in [4.69, 9.17) is 0 Å². The summed E-state index contributed by atoms with van der Waals surface area (Å²) >= 11 is 0. The number of nitrogens with zero attached hydrogens (tertiary/aromatic N) is 4. The fraction of sp³-hybridized carbons (Fsp3) is 0.148. The molecule has 0 unspecified atom stereocenters. The van der Waals surface area contributed by atoms with E-state index in [1.165, 1.54) is 24.1 Å². The predicted octanol–water partition coefficient (Wildman–Crippen LogP) is 5.86. The number of hydrogen-bond donors (Lipinski definition) is 2. The van der Waals surface area contributed by atoms with Crippen molar-refractivity contribution < 1.29 is 9.28 Å². The Balaban J connectivity index is 1.62. The topological polar surface area (TPSA) is 104 Å². The maximum Gasteiger partial charge on any atom is 0.255 e. The van der Waals surface area contributed by atoms with Gasteiger partial charge < -0.3 is 5.32 Å². The average Bonchev–Trinajstić information content (AvgIpc) is 2.90. The van der Waals surface area contributed by atoms with E-state index in [-0.39, 0.29) is 11.7 Å². The van der Waals surface area contributed by atoms with Crippen molar-refractivity contribution in [1.29, 1.82) is 5.26 Å². The van der Waals surface area contributed by atoms with E-state index >= 15 is 0 Å². The number of nitriles is 1. The Bertz CT molecular complexity index is 1440. The molecule has 174 valence electrons. The summed E-state index contributed by atoms with van der Waals surface area (Å²) in [4.78, 5) is 25.2. The van der Waals surface area contributed by atoms with Crippen molar-refractivity contribution in [3.05, 3.63) is 90.0 Å². The fourth-order valence-corrected chi connectivity index (χ4v) is 3.60. The highest BCUT2D eigenvalue weighted by Gasteiger charge is 2.22. The third kappa shape index (κ3) is 5.14. The van der Waals surface area contributed by atoms with Crippen LogP contribution in [0.3, 0.4) is 0 Å². The molecule has 1 amide bonds. The Morgan fingerprint density at radius 1 is 1.00 bits per heavy atom. The lowest BCUT2D eigenvalue weighted by atomic mass is 9.90. The first-order chi connectivity index (χ1) is 16.8. The molecule has 0 fully saturated rings. The maximum atomic E-state index is 12.9. The van der Waals surface area contributed by atoms with Crippen molar-refractivity contribution in [3.63, 3.8) is 0 Å². The van der Waals surface area contributed by atoms with E-state index in [2.05, 4.69) is 26.3 Å². The van der Waals surface area contributed by atoms with Gasteiger partial charge in [-0.25, -0.2) is 15.5 Å². The maximum absolute atomic E-state index is 12.9. The number of anilines is 2. The van der Waals surface area contributed by atoms with Gasteiger partial charge in [-0.05, 0) is 67.8 Å². The summed E-state index contributed by atoms with van der Waals surface area (Å²) in [5.41, 5.74) is 6.58. The minimum absolute atomic E-state index is 0.0821. The van der Waals surface area contributed by atoms with Crippen LogP contribution in [0.2, 0.25) is 0 Å². The zero-order chi connectivity index (χ0) is 25.0. The second-order valence-electron chi connectivity index (χ2n) is 8.61. The zero-order valence-corrected chi connectivity index (χ0v) is 19.5.